The fourth-order valence-corrected chi connectivity index (χ4v) is 2.96. The van der Waals surface area contributed by atoms with Gasteiger partial charge in [0.1, 0.15) is 5.54 Å². The van der Waals surface area contributed by atoms with Crippen molar-refractivity contribution in [3.8, 4) is 0 Å². The van der Waals surface area contributed by atoms with Gasteiger partial charge in [0.25, 0.3) is 0 Å². The number of rotatable bonds is 7. The highest BCUT2D eigenvalue weighted by atomic mass is 16.5. The summed E-state index contributed by atoms with van der Waals surface area (Å²) in [6.07, 6.45) is 8.50. The average Bonchev–Trinajstić information content (AvgIpc) is 3.24. The molecule has 2 N–H and O–H groups in total. The van der Waals surface area contributed by atoms with Gasteiger partial charge in [-0.2, -0.15) is 0 Å². The number of ether oxygens (including phenoxy) is 2. The van der Waals surface area contributed by atoms with Crippen LogP contribution in [0.15, 0.2) is 0 Å². The Labute approximate surface area is 116 Å². The molecule has 0 aromatic carbocycles. The second kappa shape index (κ2) is 6.71. The van der Waals surface area contributed by atoms with Crippen LogP contribution >= 0.6 is 0 Å². The molecule has 4 nitrogen and oxygen atoms in total. The van der Waals surface area contributed by atoms with Crippen molar-refractivity contribution in [1.29, 1.82) is 0 Å². The lowest BCUT2D eigenvalue weighted by Gasteiger charge is -2.28. The molecule has 0 heterocycles. The Hall–Kier alpha value is -0.610. The molecule has 0 amide bonds. The van der Waals surface area contributed by atoms with Crippen LogP contribution in [-0.4, -0.2) is 31.3 Å². The Morgan fingerprint density at radius 3 is 2.47 bits per heavy atom. The summed E-state index contributed by atoms with van der Waals surface area (Å²) < 4.78 is 10.9. The lowest BCUT2D eigenvalue weighted by Crippen LogP contribution is -2.55. The van der Waals surface area contributed by atoms with E-state index in [0.717, 1.165) is 19.4 Å². The van der Waals surface area contributed by atoms with E-state index >= 15 is 0 Å². The number of nitrogens with two attached hydrogens (primary N) is 1. The summed E-state index contributed by atoms with van der Waals surface area (Å²) in [5, 5.41) is 0. The van der Waals surface area contributed by atoms with Gasteiger partial charge in [-0.1, -0.05) is 19.3 Å². The van der Waals surface area contributed by atoms with Crippen molar-refractivity contribution in [3.05, 3.63) is 0 Å². The summed E-state index contributed by atoms with van der Waals surface area (Å²) in [5.74, 6) is 0.610. The fraction of sp³-hybridized carbons (Fsp3) is 0.933. The minimum absolute atomic E-state index is 0.248. The fourth-order valence-electron chi connectivity index (χ4n) is 2.96. The van der Waals surface area contributed by atoms with Crippen molar-refractivity contribution in [3.63, 3.8) is 0 Å². The van der Waals surface area contributed by atoms with E-state index < -0.39 is 5.54 Å². The number of esters is 1. The quantitative estimate of drug-likeness (QED) is 0.720. The predicted molar refractivity (Wildman–Crippen MR) is 73.7 cm³/mol. The summed E-state index contributed by atoms with van der Waals surface area (Å²) in [6.45, 7) is 3.25. The third kappa shape index (κ3) is 3.93. The van der Waals surface area contributed by atoms with Crippen molar-refractivity contribution in [1.82, 2.24) is 0 Å². The molecular weight excluding hydrogens is 242 g/mol. The molecule has 0 aliphatic heterocycles. The van der Waals surface area contributed by atoms with Crippen LogP contribution in [0.2, 0.25) is 0 Å². The highest BCUT2D eigenvalue weighted by Crippen LogP contribution is 2.39. The van der Waals surface area contributed by atoms with Gasteiger partial charge in [0.15, 0.2) is 0 Å². The van der Waals surface area contributed by atoms with Crippen molar-refractivity contribution in [2.45, 2.75) is 57.4 Å². The van der Waals surface area contributed by atoms with Crippen LogP contribution in [0.1, 0.15) is 51.9 Å². The van der Waals surface area contributed by atoms with Gasteiger partial charge >= 0.3 is 5.97 Å². The Morgan fingerprint density at radius 1 is 1.21 bits per heavy atom. The summed E-state index contributed by atoms with van der Waals surface area (Å²) in [7, 11) is 0. The molecular formula is C15H27NO3. The molecule has 2 aliphatic rings. The van der Waals surface area contributed by atoms with Gasteiger partial charge in [0.2, 0.25) is 0 Å². The smallest absolute Gasteiger partial charge is 0.328 e. The maximum atomic E-state index is 12.0. The zero-order valence-electron chi connectivity index (χ0n) is 12.0. The summed E-state index contributed by atoms with van der Waals surface area (Å²) in [6, 6.07) is 0. The van der Waals surface area contributed by atoms with Crippen LogP contribution in [0.4, 0.5) is 0 Å². The van der Waals surface area contributed by atoms with Crippen LogP contribution in [-0.2, 0) is 14.3 Å². The molecule has 0 bridgehead atoms. The molecule has 19 heavy (non-hydrogen) atoms. The highest BCUT2D eigenvalue weighted by Gasteiger charge is 2.49. The first-order chi connectivity index (χ1) is 9.16. The molecule has 0 aromatic heterocycles. The molecule has 1 atom stereocenters. The van der Waals surface area contributed by atoms with Gasteiger partial charge in [0, 0.05) is 6.61 Å². The number of carbonyl (C=O) groups is 1. The van der Waals surface area contributed by atoms with Crippen molar-refractivity contribution in [2.24, 2.45) is 17.6 Å². The van der Waals surface area contributed by atoms with E-state index in [0.29, 0.717) is 19.1 Å². The van der Waals surface area contributed by atoms with Crippen LogP contribution in [0.25, 0.3) is 0 Å². The molecule has 0 radical (unpaired) electrons. The van der Waals surface area contributed by atoms with E-state index in [2.05, 4.69) is 0 Å². The second-order valence-electron chi connectivity index (χ2n) is 6.05. The molecule has 1 unspecified atom stereocenters. The first-order valence-corrected chi connectivity index (χ1v) is 7.70. The van der Waals surface area contributed by atoms with Crippen LogP contribution in [0.3, 0.4) is 0 Å². The molecule has 110 valence electrons. The third-order valence-corrected chi connectivity index (χ3v) is 4.38. The summed E-state index contributed by atoms with van der Waals surface area (Å²) in [5.41, 5.74) is 5.34. The number of hydrogen-bond acceptors (Lipinski definition) is 4. The predicted octanol–water partition coefficient (Wildman–Crippen LogP) is 2.25. The van der Waals surface area contributed by atoms with Gasteiger partial charge in [-0.3, -0.25) is 0 Å². The van der Waals surface area contributed by atoms with Gasteiger partial charge in [-0.15, -0.1) is 0 Å². The average molecular weight is 269 g/mol. The first kappa shape index (κ1) is 14.8. The minimum Gasteiger partial charge on any atom is -0.465 e. The monoisotopic (exact) mass is 269 g/mol. The normalized spacial score (nSPS) is 23.9. The van der Waals surface area contributed by atoms with Crippen molar-refractivity contribution in [2.75, 3.05) is 19.8 Å². The zero-order chi connectivity index (χ0) is 13.7. The van der Waals surface area contributed by atoms with Crippen LogP contribution in [0.5, 0.6) is 0 Å². The number of carbonyl (C=O) groups excluding carboxylic acids is 1. The van der Waals surface area contributed by atoms with Crippen LogP contribution < -0.4 is 5.73 Å². The Morgan fingerprint density at radius 2 is 1.89 bits per heavy atom. The molecule has 2 saturated carbocycles. The van der Waals surface area contributed by atoms with Crippen LogP contribution in [0, 0.1) is 11.8 Å². The molecule has 0 saturated heterocycles. The minimum atomic E-state index is -0.912. The van der Waals surface area contributed by atoms with E-state index in [1.165, 1.54) is 32.1 Å². The molecule has 2 fully saturated rings. The first-order valence-electron chi connectivity index (χ1n) is 7.70. The number of hydrogen-bond donors (Lipinski definition) is 1. The van der Waals surface area contributed by atoms with E-state index in [4.69, 9.17) is 15.2 Å². The molecule has 4 heteroatoms. The van der Waals surface area contributed by atoms with E-state index in [-0.39, 0.29) is 11.9 Å². The van der Waals surface area contributed by atoms with Crippen molar-refractivity contribution >= 4 is 5.97 Å². The largest absolute Gasteiger partial charge is 0.465 e. The summed E-state index contributed by atoms with van der Waals surface area (Å²) in [4.78, 5) is 12.0. The van der Waals surface area contributed by atoms with Gasteiger partial charge in [0.05, 0.1) is 13.2 Å². The zero-order valence-corrected chi connectivity index (χ0v) is 12.0. The standard InChI is InChI=1S/C15H27NO3/c1-2-19-14(17)15(16,13-8-9-13)11-18-10-12-6-4-3-5-7-12/h12-13H,2-11,16H2,1H3. The Balaban J connectivity index is 1.78. The van der Waals surface area contributed by atoms with E-state index in [1.54, 1.807) is 0 Å². The molecule has 2 rings (SSSR count). The lowest BCUT2D eigenvalue weighted by molar-refractivity contribution is -0.153. The summed E-state index contributed by atoms with van der Waals surface area (Å²) >= 11 is 0. The lowest BCUT2D eigenvalue weighted by atomic mass is 9.90. The second-order valence-corrected chi connectivity index (χ2v) is 6.05. The SMILES string of the molecule is CCOC(=O)C(N)(COCC1CCCCC1)C1CC1. The topological polar surface area (TPSA) is 61.5 Å². The van der Waals surface area contributed by atoms with Gasteiger partial charge in [-0.25, -0.2) is 4.79 Å². The molecule has 2 aliphatic carbocycles. The Kier molecular flexibility index (Phi) is 5.22. The van der Waals surface area contributed by atoms with Gasteiger partial charge < -0.3 is 15.2 Å². The maximum Gasteiger partial charge on any atom is 0.328 e. The van der Waals surface area contributed by atoms with Gasteiger partial charge in [-0.05, 0) is 44.4 Å². The maximum absolute atomic E-state index is 12.0. The molecule has 0 aromatic rings. The molecule has 0 spiro atoms. The van der Waals surface area contributed by atoms with E-state index in [9.17, 15) is 4.79 Å². The highest BCUT2D eigenvalue weighted by molar-refractivity contribution is 5.81. The third-order valence-electron chi connectivity index (χ3n) is 4.38. The van der Waals surface area contributed by atoms with Crippen molar-refractivity contribution < 1.29 is 14.3 Å². The van der Waals surface area contributed by atoms with E-state index in [1.807, 2.05) is 6.92 Å². The Bertz CT molecular complexity index is 298.